The van der Waals surface area contributed by atoms with Crippen molar-refractivity contribution in [2.75, 3.05) is 13.1 Å². The summed E-state index contributed by atoms with van der Waals surface area (Å²) in [4.78, 5) is 2.57. The molecule has 1 aromatic carbocycles. The van der Waals surface area contributed by atoms with Crippen molar-refractivity contribution >= 4 is 0 Å². The smallest absolute Gasteiger partial charge is 0.0233 e. The Bertz CT molecular complexity index is 349. The second-order valence-electron chi connectivity index (χ2n) is 5.34. The Morgan fingerprint density at radius 3 is 2.69 bits per heavy atom. The van der Waals surface area contributed by atoms with Crippen molar-refractivity contribution in [1.82, 2.24) is 4.90 Å². The van der Waals surface area contributed by atoms with Crippen molar-refractivity contribution in [2.45, 2.75) is 25.4 Å². The lowest BCUT2D eigenvalue weighted by Crippen LogP contribution is -2.30. The van der Waals surface area contributed by atoms with Crippen LogP contribution in [0.3, 0.4) is 0 Å². The van der Waals surface area contributed by atoms with Gasteiger partial charge < -0.3 is 5.73 Å². The highest BCUT2D eigenvalue weighted by molar-refractivity contribution is 5.15. The topological polar surface area (TPSA) is 29.3 Å². The van der Waals surface area contributed by atoms with Crippen molar-refractivity contribution in [2.24, 2.45) is 17.6 Å². The van der Waals surface area contributed by atoms with Gasteiger partial charge in [-0.2, -0.15) is 0 Å². The summed E-state index contributed by atoms with van der Waals surface area (Å²) in [5.74, 6) is 1.64. The van der Waals surface area contributed by atoms with Gasteiger partial charge in [0.1, 0.15) is 0 Å². The number of benzene rings is 1. The molecule has 86 valence electrons. The average Bonchev–Trinajstić information content (AvgIpc) is 2.83. The lowest BCUT2D eigenvalue weighted by atomic mass is 9.98. The fourth-order valence-corrected chi connectivity index (χ4v) is 3.37. The Hall–Kier alpha value is -0.860. The van der Waals surface area contributed by atoms with E-state index in [4.69, 9.17) is 5.73 Å². The number of likely N-dealkylation sites (tertiary alicyclic amines) is 1. The third kappa shape index (κ3) is 1.87. The summed E-state index contributed by atoms with van der Waals surface area (Å²) in [5, 5.41) is 0. The highest BCUT2D eigenvalue weighted by Gasteiger charge is 2.40. The minimum atomic E-state index is 0.464. The van der Waals surface area contributed by atoms with E-state index in [1.54, 1.807) is 0 Å². The summed E-state index contributed by atoms with van der Waals surface area (Å²) >= 11 is 0. The van der Waals surface area contributed by atoms with Gasteiger partial charge in [0.15, 0.2) is 0 Å². The molecule has 16 heavy (non-hydrogen) atoms. The Labute approximate surface area is 97.4 Å². The van der Waals surface area contributed by atoms with E-state index in [1.165, 1.54) is 31.5 Å². The first-order chi connectivity index (χ1) is 7.83. The molecule has 0 radical (unpaired) electrons. The molecule has 0 bridgehead atoms. The van der Waals surface area contributed by atoms with Crippen LogP contribution in [0, 0.1) is 11.8 Å². The highest BCUT2D eigenvalue weighted by Crippen LogP contribution is 2.37. The molecule has 1 aliphatic heterocycles. The summed E-state index contributed by atoms with van der Waals surface area (Å²) < 4.78 is 0. The van der Waals surface area contributed by atoms with E-state index in [2.05, 4.69) is 35.2 Å². The van der Waals surface area contributed by atoms with Gasteiger partial charge in [0.2, 0.25) is 0 Å². The van der Waals surface area contributed by atoms with Crippen molar-refractivity contribution < 1.29 is 0 Å². The summed E-state index contributed by atoms with van der Waals surface area (Å²) in [6.07, 6.45) is 2.59. The Balaban J connectivity index is 1.63. The summed E-state index contributed by atoms with van der Waals surface area (Å²) in [6.45, 7) is 3.56. The number of hydrogen-bond donors (Lipinski definition) is 1. The first-order valence-electron chi connectivity index (χ1n) is 6.35. The van der Waals surface area contributed by atoms with Crippen molar-refractivity contribution in [3.8, 4) is 0 Å². The number of hydrogen-bond acceptors (Lipinski definition) is 2. The molecule has 1 saturated heterocycles. The second-order valence-corrected chi connectivity index (χ2v) is 5.34. The van der Waals surface area contributed by atoms with E-state index >= 15 is 0 Å². The van der Waals surface area contributed by atoms with Crippen LogP contribution in [0.4, 0.5) is 0 Å². The molecule has 1 saturated carbocycles. The van der Waals surface area contributed by atoms with Crippen LogP contribution in [-0.2, 0) is 6.54 Å². The maximum absolute atomic E-state index is 6.15. The van der Waals surface area contributed by atoms with Crippen LogP contribution in [0.2, 0.25) is 0 Å². The second kappa shape index (κ2) is 4.19. The summed E-state index contributed by atoms with van der Waals surface area (Å²) in [6, 6.07) is 11.2. The van der Waals surface area contributed by atoms with Crippen LogP contribution in [0.1, 0.15) is 18.4 Å². The van der Waals surface area contributed by atoms with Crippen molar-refractivity contribution in [1.29, 1.82) is 0 Å². The van der Waals surface area contributed by atoms with Crippen LogP contribution in [-0.4, -0.2) is 24.0 Å². The summed E-state index contributed by atoms with van der Waals surface area (Å²) in [7, 11) is 0. The molecule has 0 aromatic heterocycles. The minimum Gasteiger partial charge on any atom is -0.327 e. The van der Waals surface area contributed by atoms with Crippen LogP contribution in [0.25, 0.3) is 0 Å². The first kappa shape index (κ1) is 10.3. The molecule has 1 aliphatic carbocycles. The van der Waals surface area contributed by atoms with Crippen LogP contribution >= 0.6 is 0 Å². The van der Waals surface area contributed by atoms with E-state index < -0.39 is 0 Å². The SMILES string of the molecule is N[C@@H]1CC[C@H]2CN(Cc3ccccc3)C[C@@H]21. The predicted octanol–water partition coefficient (Wildman–Crippen LogP) is 1.86. The summed E-state index contributed by atoms with van der Waals surface area (Å²) in [5.41, 5.74) is 7.58. The molecule has 3 atom stereocenters. The normalized spacial score (nSPS) is 34.2. The fraction of sp³-hybridized carbons (Fsp3) is 0.571. The van der Waals surface area contributed by atoms with Crippen LogP contribution in [0.15, 0.2) is 30.3 Å². The molecule has 2 heteroatoms. The Morgan fingerprint density at radius 2 is 1.94 bits per heavy atom. The van der Waals surface area contributed by atoms with Crippen LogP contribution in [0.5, 0.6) is 0 Å². The van der Waals surface area contributed by atoms with E-state index in [0.717, 1.165) is 18.4 Å². The molecule has 0 spiro atoms. The number of nitrogens with two attached hydrogens (primary N) is 1. The zero-order valence-electron chi connectivity index (χ0n) is 9.68. The van der Waals surface area contributed by atoms with E-state index in [1.807, 2.05) is 0 Å². The maximum atomic E-state index is 6.15. The number of rotatable bonds is 2. The Morgan fingerprint density at radius 1 is 1.12 bits per heavy atom. The highest BCUT2D eigenvalue weighted by atomic mass is 15.2. The molecule has 3 rings (SSSR count). The third-order valence-corrected chi connectivity index (χ3v) is 4.24. The molecule has 0 amide bonds. The fourth-order valence-electron chi connectivity index (χ4n) is 3.37. The first-order valence-corrected chi connectivity index (χ1v) is 6.35. The molecule has 1 heterocycles. The maximum Gasteiger partial charge on any atom is 0.0233 e. The van der Waals surface area contributed by atoms with E-state index in [9.17, 15) is 0 Å². The Kier molecular flexibility index (Phi) is 2.70. The third-order valence-electron chi connectivity index (χ3n) is 4.24. The van der Waals surface area contributed by atoms with Crippen molar-refractivity contribution in [3.63, 3.8) is 0 Å². The number of nitrogens with zero attached hydrogens (tertiary/aromatic N) is 1. The molecule has 2 nitrogen and oxygen atoms in total. The number of fused-ring (bicyclic) bond motifs is 1. The molecule has 0 unspecified atom stereocenters. The van der Waals surface area contributed by atoms with Gasteiger partial charge in [-0.1, -0.05) is 30.3 Å². The van der Waals surface area contributed by atoms with E-state index in [0.29, 0.717) is 6.04 Å². The largest absolute Gasteiger partial charge is 0.327 e. The van der Waals surface area contributed by atoms with Gasteiger partial charge in [-0.15, -0.1) is 0 Å². The van der Waals surface area contributed by atoms with Gasteiger partial charge in [0.25, 0.3) is 0 Å². The van der Waals surface area contributed by atoms with Gasteiger partial charge in [0, 0.05) is 25.7 Å². The average molecular weight is 216 g/mol. The zero-order valence-corrected chi connectivity index (χ0v) is 9.68. The molecule has 2 N–H and O–H groups in total. The van der Waals surface area contributed by atoms with Gasteiger partial charge in [-0.25, -0.2) is 0 Å². The predicted molar refractivity (Wildman–Crippen MR) is 65.9 cm³/mol. The quantitative estimate of drug-likeness (QED) is 0.817. The van der Waals surface area contributed by atoms with Gasteiger partial charge in [0.05, 0.1) is 0 Å². The molecule has 2 fully saturated rings. The monoisotopic (exact) mass is 216 g/mol. The lowest BCUT2D eigenvalue weighted by molar-refractivity contribution is 0.298. The van der Waals surface area contributed by atoms with E-state index in [-0.39, 0.29) is 0 Å². The van der Waals surface area contributed by atoms with Crippen LogP contribution < -0.4 is 5.73 Å². The molecule has 2 aliphatic rings. The molecular formula is C14H20N2. The minimum absolute atomic E-state index is 0.464. The van der Waals surface area contributed by atoms with Gasteiger partial charge >= 0.3 is 0 Å². The molecule has 1 aromatic rings. The van der Waals surface area contributed by atoms with Crippen molar-refractivity contribution in [3.05, 3.63) is 35.9 Å². The molecular weight excluding hydrogens is 196 g/mol. The zero-order chi connectivity index (χ0) is 11.0. The lowest BCUT2D eigenvalue weighted by Gasteiger charge is -2.18. The van der Waals surface area contributed by atoms with Gasteiger partial charge in [-0.3, -0.25) is 4.90 Å². The standard InChI is InChI=1S/C14H20N2/c15-14-7-6-12-9-16(10-13(12)14)8-11-4-2-1-3-5-11/h1-5,12-14H,6-10,15H2/t12-,13-,14+/m0/s1. The van der Waals surface area contributed by atoms with Gasteiger partial charge in [-0.05, 0) is 30.2 Å².